The van der Waals surface area contributed by atoms with Crippen LogP contribution in [0.1, 0.15) is 94.4 Å². The molecule has 0 N–H and O–H groups in total. The molecule has 4 nitrogen and oxygen atoms in total. The number of hydrogen-bond acceptors (Lipinski definition) is 4. The summed E-state index contributed by atoms with van der Waals surface area (Å²) in [7, 11) is 0. The first-order chi connectivity index (χ1) is 13.5. The van der Waals surface area contributed by atoms with Gasteiger partial charge >= 0.3 is 18.1 Å². The molecule has 0 radical (unpaired) electrons. The van der Waals surface area contributed by atoms with Crippen LogP contribution in [0, 0.1) is 22.7 Å². The lowest BCUT2D eigenvalue weighted by Crippen LogP contribution is -2.48. The zero-order valence-electron chi connectivity index (χ0n) is 20.2. The molecule has 2 atom stereocenters. The number of carbonyl (C=O) groups excluding carboxylic acids is 2. The van der Waals surface area contributed by atoms with Crippen LogP contribution in [0.4, 0.5) is 13.2 Å². The molecule has 30 heavy (non-hydrogen) atoms. The van der Waals surface area contributed by atoms with E-state index in [-0.39, 0.29) is 17.3 Å². The maximum Gasteiger partial charge on any atom is 0.422 e. The minimum absolute atomic E-state index is 0.0755. The van der Waals surface area contributed by atoms with E-state index >= 15 is 0 Å². The van der Waals surface area contributed by atoms with Crippen molar-refractivity contribution in [2.45, 2.75) is 106 Å². The molecule has 7 heteroatoms. The Morgan fingerprint density at radius 2 is 1.30 bits per heavy atom. The average Bonchev–Trinajstić information content (AvgIpc) is 2.62. The molecule has 0 fully saturated rings. The molecule has 2 unspecified atom stereocenters. The van der Waals surface area contributed by atoms with Crippen LogP contribution in [0.15, 0.2) is 0 Å². The lowest BCUT2D eigenvalue weighted by molar-refractivity contribution is -0.201. The fraction of sp³-hybridized carbons (Fsp3) is 0.913. The van der Waals surface area contributed by atoms with Crippen molar-refractivity contribution >= 4 is 11.9 Å². The van der Waals surface area contributed by atoms with Crippen molar-refractivity contribution in [1.82, 2.24) is 0 Å². The lowest BCUT2D eigenvalue weighted by atomic mass is 9.70. The topological polar surface area (TPSA) is 52.6 Å². The predicted octanol–water partition coefficient (Wildman–Crippen LogP) is 6.71. The fourth-order valence-corrected chi connectivity index (χ4v) is 3.68. The second-order valence-corrected chi connectivity index (χ2v) is 10.0. The molecule has 178 valence electrons. The third kappa shape index (κ3) is 8.46. The Hall–Kier alpha value is -1.27. The van der Waals surface area contributed by atoms with E-state index in [4.69, 9.17) is 4.74 Å². The van der Waals surface area contributed by atoms with Gasteiger partial charge in [-0.15, -0.1) is 0 Å². The molecule has 0 aliphatic heterocycles. The summed E-state index contributed by atoms with van der Waals surface area (Å²) in [6, 6.07) is 0. The fourth-order valence-electron chi connectivity index (χ4n) is 3.68. The summed E-state index contributed by atoms with van der Waals surface area (Å²) in [6.45, 7) is 15.8. The molecule has 0 rings (SSSR count). The Morgan fingerprint density at radius 3 is 1.63 bits per heavy atom. The maximum atomic E-state index is 13.3. The van der Waals surface area contributed by atoms with E-state index in [0.29, 0.717) is 19.3 Å². The van der Waals surface area contributed by atoms with E-state index in [1.807, 2.05) is 20.8 Å². The lowest BCUT2D eigenvalue weighted by Gasteiger charge is -2.41. The Kier molecular flexibility index (Phi) is 10.4. The Labute approximate surface area is 180 Å². The monoisotopic (exact) mass is 438 g/mol. The van der Waals surface area contributed by atoms with Gasteiger partial charge in [-0.25, -0.2) is 0 Å². The number of ether oxygens (including phenoxy) is 2. The summed E-state index contributed by atoms with van der Waals surface area (Å²) < 4.78 is 48.1. The van der Waals surface area contributed by atoms with Crippen molar-refractivity contribution in [2.75, 3.05) is 6.61 Å². The minimum atomic E-state index is -4.60. The highest BCUT2D eigenvalue weighted by Gasteiger charge is 2.47. The van der Waals surface area contributed by atoms with Crippen molar-refractivity contribution in [3.05, 3.63) is 0 Å². The summed E-state index contributed by atoms with van der Waals surface area (Å²) in [5.74, 6) is -2.76. The smallest absolute Gasteiger partial charge is 0.422 e. The van der Waals surface area contributed by atoms with E-state index in [0.717, 1.165) is 6.42 Å². The van der Waals surface area contributed by atoms with Gasteiger partial charge in [0.1, 0.15) is 5.60 Å². The molecule has 0 bridgehead atoms. The van der Waals surface area contributed by atoms with Crippen LogP contribution in [0.25, 0.3) is 0 Å². The Balaban J connectivity index is 5.82. The van der Waals surface area contributed by atoms with Gasteiger partial charge in [-0.05, 0) is 36.5 Å². The van der Waals surface area contributed by atoms with Gasteiger partial charge in [-0.1, -0.05) is 68.7 Å². The highest BCUT2D eigenvalue weighted by atomic mass is 19.4. The van der Waals surface area contributed by atoms with Gasteiger partial charge in [0, 0.05) is 0 Å². The first-order valence-electron chi connectivity index (χ1n) is 10.9. The summed E-state index contributed by atoms with van der Waals surface area (Å²) in [5.41, 5.74) is -1.64. The molecule has 0 aromatic heterocycles. The normalized spacial score (nSPS) is 15.5. The minimum Gasteiger partial charge on any atom is -0.458 e. The molecule has 0 saturated carbocycles. The van der Waals surface area contributed by atoms with Gasteiger partial charge in [0.05, 0.1) is 11.8 Å². The molecule has 0 aliphatic rings. The average molecular weight is 439 g/mol. The number of alkyl halides is 3. The van der Waals surface area contributed by atoms with E-state index in [1.54, 1.807) is 20.8 Å². The van der Waals surface area contributed by atoms with Crippen molar-refractivity contribution in [1.29, 1.82) is 0 Å². The third-order valence-corrected chi connectivity index (χ3v) is 6.25. The zero-order chi connectivity index (χ0) is 24.0. The molecule has 0 aliphatic carbocycles. The summed E-state index contributed by atoms with van der Waals surface area (Å²) >= 11 is 0. The highest BCUT2D eigenvalue weighted by molar-refractivity contribution is 5.77. The van der Waals surface area contributed by atoms with Gasteiger partial charge < -0.3 is 9.47 Å². The van der Waals surface area contributed by atoms with Crippen molar-refractivity contribution in [3.8, 4) is 0 Å². The standard InChI is InChI=1S/C23H41F3O4/c1-10-16(18(27)29-15-23(24,25)26)22(12-3,13-4)30-19(28)17(20(5,6)7)14-21(8,9)11-2/h16-17H,10-15H2,1-9H3. The first-order valence-corrected chi connectivity index (χ1v) is 10.9. The van der Waals surface area contributed by atoms with Crippen LogP contribution in [0.5, 0.6) is 0 Å². The van der Waals surface area contributed by atoms with Crippen molar-refractivity contribution in [3.63, 3.8) is 0 Å². The van der Waals surface area contributed by atoms with Gasteiger partial charge in [0.2, 0.25) is 0 Å². The van der Waals surface area contributed by atoms with Crippen LogP contribution in [0.2, 0.25) is 0 Å². The number of halogens is 3. The zero-order valence-corrected chi connectivity index (χ0v) is 20.2. The van der Waals surface area contributed by atoms with E-state index in [9.17, 15) is 22.8 Å². The summed E-state index contributed by atoms with van der Waals surface area (Å²) in [5, 5.41) is 0. The Bertz CT molecular complexity index is 558. The molecular weight excluding hydrogens is 397 g/mol. The maximum absolute atomic E-state index is 13.3. The third-order valence-electron chi connectivity index (χ3n) is 6.25. The highest BCUT2D eigenvalue weighted by Crippen LogP contribution is 2.41. The SMILES string of the molecule is CCC(C(=O)OCC(F)(F)F)C(CC)(CC)OC(=O)C(CC(C)(C)CC)C(C)(C)C. The molecule has 0 spiro atoms. The quantitative estimate of drug-likeness (QED) is 0.337. The van der Waals surface area contributed by atoms with Crippen molar-refractivity contribution < 1.29 is 32.2 Å². The van der Waals surface area contributed by atoms with Crippen LogP contribution >= 0.6 is 0 Å². The second kappa shape index (κ2) is 10.9. The van der Waals surface area contributed by atoms with E-state index in [1.165, 1.54) is 0 Å². The van der Waals surface area contributed by atoms with Crippen LogP contribution in [0.3, 0.4) is 0 Å². The number of esters is 2. The molecule has 0 amide bonds. The molecule has 0 aromatic carbocycles. The number of carbonyl (C=O) groups is 2. The van der Waals surface area contributed by atoms with Gasteiger partial charge in [-0.2, -0.15) is 13.2 Å². The Morgan fingerprint density at radius 1 is 0.800 bits per heavy atom. The van der Waals surface area contributed by atoms with Crippen LogP contribution in [-0.2, 0) is 19.1 Å². The van der Waals surface area contributed by atoms with E-state index < -0.39 is 42.2 Å². The van der Waals surface area contributed by atoms with Crippen LogP contribution < -0.4 is 0 Å². The second-order valence-electron chi connectivity index (χ2n) is 10.0. The molecule has 0 heterocycles. The number of rotatable bonds is 11. The first kappa shape index (κ1) is 28.7. The van der Waals surface area contributed by atoms with Gasteiger partial charge in [0.25, 0.3) is 0 Å². The summed E-state index contributed by atoms with van der Waals surface area (Å²) in [6.07, 6.45) is -2.27. The predicted molar refractivity (Wildman–Crippen MR) is 112 cm³/mol. The van der Waals surface area contributed by atoms with Crippen molar-refractivity contribution in [2.24, 2.45) is 22.7 Å². The largest absolute Gasteiger partial charge is 0.458 e. The summed E-state index contributed by atoms with van der Waals surface area (Å²) in [4.78, 5) is 25.8. The van der Waals surface area contributed by atoms with E-state index in [2.05, 4.69) is 25.5 Å². The molecule has 0 saturated heterocycles. The van der Waals surface area contributed by atoms with Gasteiger partial charge in [0.15, 0.2) is 6.61 Å². The molecule has 0 aromatic rings. The number of hydrogen-bond donors (Lipinski definition) is 0. The molecular formula is C23H41F3O4. The van der Waals surface area contributed by atoms with Gasteiger partial charge in [-0.3, -0.25) is 9.59 Å². The van der Waals surface area contributed by atoms with Crippen LogP contribution in [-0.4, -0.2) is 30.3 Å².